The number of urea groups is 1. The molecular formula is C28H31F3N4O5S. The van der Waals surface area contributed by atoms with Crippen LogP contribution in [0.3, 0.4) is 0 Å². The van der Waals surface area contributed by atoms with Crippen molar-refractivity contribution in [3.05, 3.63) is 72.6 Å². The Hall–Kier alpha value is -3.68. The van der Waals surface area contributed by atoms with Crippen LogP contribution in [0.5, 0.6) is 5.75 Å². The smallest absolute Gasteiger partial charge is 0.416 e. The van der Waals surface area contributed by atoms with Gasteiger partial charge < -0.3 is 20.1 Å². The van der Waals surface area contributed by atoms with Crippen LogP contribution in [0.1, 0.15) is 19.4 Å². The second-order valence-electron chi connectivity index (χ2n) is 10.0. The van der Waals surface area contributed by atoms with Gasteiger partial charge >= 0.3 is 12.2 Å². The molecule has 2 aromatic carbocycles. The molecule has 0 spiro atoms. The Bertz CT molecular complexity index is 1470. The van der Waals surface area contributed by atoms with Gasteiger partial charge in [0.25, 0.3) is 0 Å². The highest BCUT2D eigenvalue weighted by Gasteiger charge is 2.38. The van der Waals surface area contributed by atoms with E-state index < -0.39 is 52.5 Å². The Kier molecular flexibility index (Phi) is 8.90. The molecule has 2 N–H and O–H groups in total. The molecule has 1 aromatic heterocycles. The summed E-state index contributed by atoms with van der Waals surface area (Å²) in [6.45, 7) is 3.06. The number of fused-ring (bicyclic) bond motifs is 1. The van der Waals surface area contributed by atoms with Gasteiger partial charge in [0.2, 0.25) is 10.0 Å². The third-order valence-corrected chi connectivity index (χ3v) is 8.96. The molecule has 4 rings (SSSR count). The Morgan fingerprint density at radius 1 is 1.15 bits per heavy atom. The maximum Gasteiger partial charge on any atom is 0.416 e. The molecule has 220 valence electrons. The molecule has 0 aliphatic carbocycles. The first-order chi connectivity index (χ1) is 19.3. The van der Waals surface area contributed by atoms with Gasteiger partial charge in [0.15, 0.2) is 0 Å². The number of rotatable bonds is 6. The molecule has 0 saturated heterocycles. The van der Waals surface area contributed by atoms with Gasteiger partial charge in [-0.15, -0.1) is 0 Å². The van der Waals surface area contributed by atoms with Crippen molar-refractivity contribution in [3.63, 3.8) is 0 Å². The summed E-state index contributed by atoms with van der Waals surface area (Å²) in [5, 5.41) is 12.4. The van der Waals surface area contributed by atoms with E-state index in [4.69, 9.17) is 4.74 Å². The second-order valence-corrected chi connectivity index (χ2v) is 11.9. The van der Waals surface area contributed by atoms with Crippen molar-refractivity contribution < 1.29 is 36.2 Å². The standard InChI is InChI=1S/C28H31F3N4O5S/c1-18-15-35(19(2)17-36)41(38,39)26-9-4-21(20-10-12-32-13-11-20)14-24(26)40-25(18)16-34(3)27(37)33-23-7-5-22(6-8-23)28(29,30)31/h4-14,18-19,25,36H,15-17H2,1-3H3,(H,33,37)/t18-,19-,25-/m1/s1. The summed E-state index contributed by atoms with van der Waals surface area (Å²) in [6, 6.07) is 11.1. The lowest BCUT2D eigenvalue weighted by molar-refractivity contribution is -0.137. The van der Waals surface area contributed by atoms with Gasteiger partial charge in [0.05, 0.1) is 18.7 Å². The molecule has 41 heavy (non-hydrogen) atoms. The van der Waals surface area contributed by atoms with Crippen LogP contribution < -0.4 is 10.1 Å². The molecule has 1 aliphatic heterocycles. The molecule has 13 heteroatoms. The molecule has 3 atom stereocenters. The van der Waals surface area contributed by atoms with Crippen LogP contribution in [0.15, 0.2) is 71.9 Å². The highest BCUT2D eigenvalue weighted by Crippen LogP contribution is 2.36. The van der Waals surface area contributed by atoms with E-state index in [9.17, 15) is 31.5 Å². The average Bonchev–Trinajstić information content (AvgIpc) is 2.94. The number of aliphatic hydroxyl groups excluding tert-OH is 1. The van der Waals surface area contributed by atoms with Crippen LogP contribution in [-0.2, 0) is 16.2 Å². The van der Waals surface area contributed by atoms with Gasteiger partial charge in [-0.05, 0) is 66.6 Å². The van der Waals surface area contributed by atoms with E-state index in [-0.39, 0.29) is 29.4 Å². The first-order valence-electron chi connectivity index (χ1n) is 12.8. The molecule has 0 saturated carbocycles. The van der Waals surface area contributed by atoms with E-state index in [1.807, 2.05) is 0 Å². The topological polar surface area (TPSA) is 112 Å². The minimum absolute atomic E-state index is 0.0225. The SMILES string of the molecule is C[C@@H]1CN([C@H](C)CO)S(=O)(=O)c2ccc(-c3ccncc3)cc2O[C@@H]1CN(C)C(=O)Nc1ccc(C(F)(F)F)cc1. The van der Waals surface area contributed by atoms with Gasteiger partial charge in [-0.3, -0.25) is 4.98 Å². The summed E-state index contributed by atoms with van der Waals surface area (Å²) >= 11 is 0. The minimum atomic E-state index is -4.49. The molecule has 0 fully saturated rings. The molecule has 2 amide bonds. The predicted molar refractivity (Wildman–Crippen MR) is 147 cm³/mol. The molecule has 3 aromatic rings. The second kappa shape index (κ2) is 12.0. The normalized spacial score (nSPS) is 19.7. The predicted octanol–water partition coefficient (Wildman–Crippen LogP) is 4.70. The van der Waals surface area contributed by atoms with Crippen LogP contribution in [0.2, 0.25) is 0 Å². The lowest BCUT2D eigenvalue weighted by Gasteiger charge is -2.37. The summed E-state index contributed by atoms with van der Waals surface area (Å²) in [7, 11) is -2.54. The zero-order valence-corrected chi connectivity index (χ0v) is 23.5. The van der Waals surface area contributed by atoms with Gasteiger partial charge in [-0.25, -0.2) is 13.2 Å². The lowest BCUT2D eigenvalue weighted by atomic mass is 10.0. The third kappa shape index (κ3) is 6.80. The number of alkyl halides is 3. The van der Waals surface area contributed by atoms with Gasteiger partial charge in [0, 0.05) is 43.6 Å². The highest BCUT2D eigenvalue weighted by molar-refractivity contribution is 7.89. The largest absolute Gasteiger partial charge is 0.487 e. The summed E-state index contributed by atoms with van der Waals surface area (Å²) in [5.74, 6) is -0.319. The van der Waals surface area contributed by atoms with Gasteiger partial charge in [0.1, 0.15) is 16.7 Å². The number of hydrogen-bond acceptors (Lipinski definition) is 6. The van der Waals surface area contributed by atoms with Crippen LogP contribution in [0, 0.1) is 5.92 Å². The molecule has 9 nitrogen and oxygen atoms in total. The summed E-state index contributed by atoms with van der Waals surface area (Å²) in [5.41, 5.74) is 0.845. The molecular weight excluding hydrogens is 561 g/mol. The zero-order chi connectivity index (χ0) is 29.9. The van der Waals surface area contributed by atoms with Crippen molar-refractivity contribution in [1.29, 1.82) is 0 Å². The number of aromatic nitrogens is 1. The number of halogens is 3. The number of pyridine rings is 1. The number of amides is 2. The Labute approximate surface area is 236 Å². The van der Waals surface area contributed by atoms with Crippen LogP contribution >= 0.6 is 0 Å². The molecule has 0 bridgehead atoms. The van der Waals surface area contributed by atoms with Crippen molar-refractivity contribution in [1.82, 2.24) is 14.2 Å². The van der Waals surface area contributed by atoms with E-state index in [2.05, 4.69) is 10.3 Å². The van der Waals surface area contributed by atoms with Crippen molar-refractivity contribution in [2.24, 2.45) is 5.92 Å². The average molecular weight is 593 g/mol. The lowest BCUT2D eigenvalue weighted by Crippen LogP contribution is -2.50. The highest BCUT2D eigenvalue weighted by atomic mass is 32.2. The maximum atomic E-state index is 13.7. The van der Waals surface area contributed by atoms with Crippen molar-refractivity contribution in [2.75, 3.05) is 32.1 Å². The number of carbonyl (C=O) groups excluding carboxylic acids is 1. The van der Waals surface area contributed by atoms with Crippen molar-refractivity contribution in [3.8, 4) is 16.9 Å². The molecule has 2 heterocycles. The number of benzene rings is 2. The van der Waals surface area contributed by atoms with Gasteiger partial charge in [-0.2, -0.15) is 17.5 Å². The first kappa shape index (κ1) is 30.3. The maximum absolute atomic E-state index is 13.7. The van der Waals surface area contributed by atoms with E-state index in [0.717, 1.165) is 17.7 Å². The molecule has 1 aliphatic rings. The van der Waals surface area contributed by atoms with Crippen LogP contribution in [0.25, 0.3) is 11.1 Å². The zero-order valence-electron chi connectivity index (χ0n) is 22.7. The van der Waals surface area contributed by atoms with Crippen molar-refractivity contribution in [2.45, 2.75) is 37.1 Å². The Balaban J connectivity index is 1.63. The fraction of sp³-hybridized carbons (Fsp3) is 0.357. The number of ether oxygens (including phenoxy) is 1. The molecule has 0 radical (unpaired) electrons. The fourth-order valence-electron chi connectivity index (χ4n) is 4.48. The number of nitrogens with one attached hydrogen (secondary N) is 1. The number of aliphatic hydroxyl groups is 1. The Morgan fingerprint density at radius 2 is 1.80 bits per heavy atom. The number of sulfonamides is 1. The van der Waals surface area contributed by atoms with E-state index in [0.29, 0.717) is 5.56 Å². The number of likely N-dealkylation sites (N-methyl/N-ethyl adjacent to an activating group) is 1. The number of nitrogens with zero attached hydrogens (tertiary/aromatic N) is 3. The number of hydrogen-bond donors (Lipinski definition) is 2. The van der Waals surface area contributed by atoms with Crippen LogP contribution in [0.4, 0.5) is 23.7 Å². The fourth-order valence-corrected chi connectivity index (χ4v) is 6.31. The van der Waals surface area contributed by atoms with Crippen LogP contribution in [-0.4, -0.2) is 72.6 Å². The first-order valence-corrected chi connectivity index (χ1v) is 14.3. The minimum Gasteiger partial charge on any atom is -0.487 e. The van der Waals surface area contributed by atoms with E-state index in [1.165, 1.54) is 34.5 Å². The Morgan fingerprint density at radius 3 is 2.41 bits per heavy atom. The summed E-state index contributed by atoms with van der Waals surface area (Å²) in [6.07, 6.45) is -1.94. The van der Waals surface area contributed by atoms with E-state index in [1.54, 1.807) is 50.5 Å². The summed E-state index contributed by atoms with van der Waals surface area (Å²) < 4.78 is 73.5. The van der Waals surface area contributed by atoms with Crippen molar-refractivity contribution >= 4 is 21.7 Å². The number of anilines is 1. The quantitative estimate of drug-likeness (QED) is 0.429. The number of carbonyl (C=O) groups is 1. The van der Waals surface area contributed by atoms with E-state index >= 15 is 0 Å². The monoisotopic (exact) mass is 592 g/mol. The van der Waals surface area contributed by atoms with Gasteiger partial charge in [-0.1, -0.05) is 13.0 Å². The molecule has 0 unspecified atom stereocenters. The summed E-state index contributed by atoms with van der Waals surface area (Å²) in [4.78, 5) is 18.2. The third-order valence-electron chi connectivity index (χ3n) is 6.94.